The Morgan fingerprint density at radius 3 is 2.62 bits per heavy atom. The molecule has 2 unspecified atom stereocenters. The van der Waals surface area contributed by atoms with Gasteiger partial charge in [0.2, 0.25) is 5.91 Å². The number of nitrogens with zero attached hydrogens (tertiary/aromatic N) is 1. The summed E-state index contributed by atoms with van der Waals surface area (Å²) in [5.74, 6) is -0.0495. The van der Waals surface area contributed by atoms with Crippen molar-refractivity contribution in [1.29, 1.82) is 0 Å². The number of hydrogen-bond donors (Lipinski definition) is 2. The molecule has 2 atom stereocenters. The Kier molecular flexibility index (Phi) is 4.41. The number of carbonyl (C=O) groups is 1. The highest BCUT2D eigenvalue weighted by Gasteiger charge is 2.40. The van der Waals surface area contributed by atoms with Crippen molar-refractivity contribution in [2.45, 2.75) is 43.8 Å². The average molecular weight is 328 g/mol. The Morgan fingerprint density at radius 2 is 1.95 bits per heavy atom. The lowest BCUT2D eigenvalue weighted by molar-refractivity contribution is -0.118. The number of rotatable bonds is 3. The minimum absolute atomic E-state index is 0.0495. The molecule has 4 nitrogen and oxygen atoms in total. The number of piperidine rings is 1. The van der Waals surface area contributed by atoms with E-state index in [1.54, 1.807) is 18.2 Å². The summed E-state index contributed by atoms with van der Waals surface area (Å²) in [5.41, 5.74) is 6.61. The zero-order valence-corrected chi connectivity index (χ0v) is 13.2. The van der Waals surface area contributed by atoms with E-state index in [1.807, 2.05) is 0 Å². The molecule has 1 aromatic carbocycles. The SMILES string of the molecule is NC1CC2CCC(C1)N2CC(=O)Nc1cc(Cl)ccc1Cl. The maximum Gasteiger partial charge on any atom is 0.238 e. The minimum Gasteiger partial charge on any atom is -0.328 e. The van der Waals surface area contributed by atoms with Crippen molar-refractivity contribution in [3.05, 3.63) is 28.2 Å². The molecule has 21 heavy (non-hydrogen) atoms. The molecule has 2 bridgehead atoms. The number of nitrogens with one attached hydrogen (secondary N) is 1. The van der Waals surface area contributed by atoms with Crippen LogP contribution < -0.4 is 11.1 Å². The molecule has 0 saturated carbocycles. The van der Waals surface area contributed by atoms with Crippen molar-refractivity contribution in [3.63, 3.8) is 0 Å². The van der Waals surface area contributed by atoms with Crippen molar-refractivity contribution < 1.29 is 4.79 Å². The van der Waals surface area contributed by atoms with Crippen molar-refractivity contribution in [2.24, 2.45) is 5.73 Å². The quantitative estimate of drug-likeness (QED) is 0.897. The van der Waals surface area contributed by atoms with E-state index >= 15 is 0 Å². The van der Waals surface area contributed by atoms with Gasteiger partial charge in [-0.1, -0.05) is 23.2 Å². The summed E-state index contributed by atoms with van der Waals surface area (Å²) >= 11 is 12.0. The molecule has 2 aliphatic rings. The summed E-state index contributed by atoms with van der Waals surface area (Å²) < 4.78 is 0. The van der Waals surface area contributed by atoms with Crippen LogP contribution >= 0.6 is 23.2 Å². The van der Waals surface area contributed by atoms with Gasteiger partial charge in [0, 0.05) is 23.1 Å². The van der Waals surface area contributed by atoms with Crippen LogP contribution in [0.3, 0.4) is 0 Å². The molecule has 6 heteroatoms. The van der Waals surface area contributed by atoms with Gasteiger partial charge in [0.05, 0.1) is 17.3 Å². The topological polar surface area (TPSA) is 58.4 Å². The summed E-state index contributed by atoms with van der Waals surface area (Å²) in [6.45, 7) is 0.394. The van der Waals surface area contributed by atoms with Gasteiger partial charge < -0.3 is 11.1 Å². The van der Waals surface area contributed by atoms with Crippen LogP contribution in [0.1, 0.15) is 25.7 Å². The lowest BCUT2D eigenvalue weighted by atomic mass is 9.98. The lowest BCUT2D eigenvalue weighted by Crippen LogP contribution is -2.49. The monoisotopic (exact) mass is 327 g/mol. The number of benzene rings is 1. The van der Waals surface area contributed by atoms with Gasteiger partial charge in [-0.3, -0.25) is 9.69 Å². The second kappa shape index (κ2) is 6.13. The molecular formula is C15H19Cl2N3O. The molecule has 2 aliphatic heterocycles. The number of nitrogens with two attached hydrogens (primary N) is 1. The molecule has 0 radical (unpaired) electrons. The van der Waals surface area contributed by atoms with Crippen molar-refractivity contribution >= 4 is 34.8 Å². The summed E-state index contributed by atoms with van der Waals surface area (Å²) in [5, 5.41) is 3.90. The molecule has 2 fully saturated rings. The van der Waals surface area contributed by atoms with Crippen molar-refractivity contribution in [3.8, 4) is 0 Å². The van der Waals surface area contributed by atoms with Gasteiger partial charge in [-0.15, -0.1) is 0 Å². The van der Waals surface area contributed by atoms with Crippen LogP contribution in [0.15, 0.2) is 18.2 Å². The van der Waals surface area contributed by atoms with E-state index < -0.39 is 0 Å². The largest absolute Gasteiger partial charge is 0.328 e. The number of anilines is 1. The van der Waals surface area contributed by atoms with E-state index in [0.29, 0.717) is 34.4 Å². The Labute approximate surface area is 134 Å². The highest BCUT2D eigenvalue weighted by molar-refractivity contribution is 6.35. The number of hydrogen-bond acceptors (Lipinski definition) is 3. The zero-order chi connectivity index (χ0) is 15.0. The fourth-order valence-corrected chi connectivity index (χ4v) is 3.86. The standard InChI is InChI=1S/C15H19Cl2N3O/c16-9-1-4-13(17)14(5-9)19-15(21)8-20-11-2-3-12(20)7-10(18)6-11/h1,4-5,10-12H,2-3,6-8,18H2,(H,19,21). The third-order valence-electron chi connectivity index (χ3n) is 4.45. The molecule has 0 aliphatic carbocycles. The van der Waals surface area contributed by atoms with Crippen LogP contribution in [0.25, 0.3) is 0 Å². The maximum atomic E-state index is 12.3. The van der Waals surface area contributed by atoms with Crippen LogP contribution in [0.5, 0.6) is 0 Å². The Bertz CT molecular complexity index is 538. The average Bonchev–Trinajstić information content (AvgIpc) is 2.66. The smallest absolute Gasteiger partial charge is 0.238 e. The lowest BCUT2D eigenvalue weighted by Gasteiger charge is -2.37. The fraction of sp³-hybridized carbons (Fsp3) is 0.533. The van der Waals surface area contributed by atoms with Gasteiger partial charge in [-0.2, -0.15) is 0 Å². The Hall–Kier alpha value is -0.810. The first-order valence-corrected chi connectivity index (χ1v) is 8.05. The van der Waals surface area contributed by atoms with Crippen LogP contribution in [0.2, 0.25) is 10.0 Å². The van der Waals surface area contributed by atoms with E-state index in [1.165, 1.54) is 0 Å². The first-order chi connectivity index (χ1) is 10.0. The summed E-state index contributed by atoms with van der Waals surface area (Å²) in [7, 11) is 0. The summed E-state index contributed by atoms with van der Waals surface area (Å²) in [6.07, 6.45) is 4.26. The van der Waals surface area contributed by atoms with E-state index in [2.05, 4.69) is 10.2 Å². The predicted octanol–water partition coefficient (Wildman–Crippen LogP) is 2.89. The minimum atomic E-state index is -0.0495. The Balaban J connectivity index is 1.63. The highest BCUT2D eigenvalue weighted by atomic mass is 35.5. The maximum absolute atomic E-state index is 12.3. The molecular weight excluding hydrogens is 309 g/mol. The number of carbonyl (C=O) groups excluding carboxylic acids is 1. The van der Waals surface area contributed by atoms with E-state index in [9.17, 15) is 4.79 Å². The van der Waals surface area contributed by atoms with E-state index in [-0.39, 0.29) is 11.9 Å². The van der Waals surface area contributed by atoms with E-state index in [0.717, 1.165) is 25.7 Å². The highest BCUT2D eigenvalue weighted by Crippen LogP contribution is 2.35. The van der Waals surface area contributed by atoms with Gasteiger partial charge in [0.1, 0.15) is 0 Å². The Morgan fingerprint density at radius 1 is 1.29 bits per heavy atom. The predicted molar refractivity (Wildman–Crippen MR) is 85.8 cm³/mol. The van der Waals surface area contributed by atoms with Crippen molar-refractivity contribution in [2.75, 3.05) is 11.9 Å². The van der Waals surface area contributed by atoms with Crippen molar-refractivity contribution in [1.82, 2.24) is 4.90 Å². The summed E-state index contributed by atoms with van der Waals surface area (Å²) in [6, 6.07) is 6.22. The van der Waals surface area contributed by atoms with E-state index in [4.69, 9.17) is 28.9 Å². The molecule has 0 spiro atoms. The molecule has 2 saturated heterocycles. The first-order valence-electron chi connectivity index (χ1n) is 7.29. The van der Waals surface area contributed by atoms with Gasteiger partial charge >= 0.3 is 0 Å². The fourth-order valence-electron chi connectivity index (χ4n) is 3.52. The normalized spacial score (nSPS) is 28.6. The second-order valence-electron chi connectivity index (χ2n) is 5.96. The molecule has 1 aromatic rings. The molecule has 0 aromatic heterocycles. The number of halogens is 2. The second-order valence-corrected chi connectivity index (χ2v) is 6.80. The molecule has 3 N–H and O–H groups in total. The van der Waals surface area contributed by atoms with Crippen LogP contribution in [0, 0.1) is 0 Å². The summed E-state index contributed by atoms with van der Waals surface area (Å²) in [4.78, 5) is 14.5. The third-order valence-corrected chi connectivity index (χ3v) is 5.01. The molecule has 114 valence electrons. The zero-order valence-electron chi connectivity index (χ0n) is 11.7. The van der Waals surface area contributed by atoms with Crippen LogP contribution in [-0.2, 0) is 4.79 Å². The first kappa shape index (κ1) is 15.1. The number of amides is 1. The van der Waals surface area contributed by atoms with Crippen LogP contribution in [0.4, 0.5) is 5.69 Å². The third kappa shape index (κ3) is 3.34. The number of fused-ring (bicyclic) bond motifs is 2. The van der Waals surface area contributed by atoms with Gasteiger partial charge in [-0.25, -0.2) is 0 Å². The molecule has 3 rings (SSSR count). The van der Waals surface area contributed by atoms with Crippen LogP contribution in [-0.4, -0.2) is 35.5 Å². The molecule has 2 heterocycles. The van der Waals surface area contributed by atoms with Gasteiger partial charge in [0.15, 0.2) is 0 Å². The van der Waals surface area contributed by atoms with Gasteiger partial charge in [-0.05, 0) is 43.9 Å². The van der Waals surface area contributed by atoms with Gasteiger partial charge in [0.25, 0.3) is 0 Å². The molecule has 1 amide bonds.